The summed E-state index contributed by atoms with van der Waals surface area (Å²) in [5, 5.41) is 0.482. The van der Waals surface area contributed by atoms with Crippen molar-refractivity contribution in [3.8, 4) is 0 Å². The lowest BCUT2D eigenvalue weighted by molar-refractivity contribution is -0.175. The van der Waals surface area contributed by atoms with E-state index in [1.807, 2.05) is 6.92 Å². The first kappa shape index (κ1) is 20.8. The number of hydroxylamine groups is 2. The smallest absolute Gasteiger partial charge is 0.411 e. The Morgan fingerprint density at radius 3 is 2.21 bits per heavy atom. The first-order valence-corrected chi connectivity index (χ1v) is 9.77. The fourth-order valence-electron chi connectivity index (χ4n) is 3.56. The molecule has 1 aromatic rings. The molecule has 1 aromatic carbocycles. The molecule has 0 radical (unpaired) electrons. The van der Waals surface area contributed by atoms with E-state index in [1.165, 1.54) is 17.0 Å². The first-order valence-electron chi connectivity index (χ1n) is 9.77. The molecule has 1 fully saturated rings. The summed E-state index contributed by atoms with van der Waals surface area (Å²) in [6.07, 6.45) is 1.31. The van der Waals surface area contributed by atoms with Crippen molar-refractivity contribution in [2.24, 2.45) is 5.92 Å². The van der Waals surface area contributed by atoms with Gasteiger partial charge in [0, 0.05) is 6.54 Å². The van der Waals surface area contributed by atoms with Crippen LogP contribution in [0.15, 0.2) is 24.3 Å². The van der Waals surface area contributed by atoms with Crippen LogP contribution < -0.4 is 0 Å². The number of carbonyl (C=O) groups excluding carboxylic acids is 4. The summed E-state index contributed by atoms with van der Waals surface area (Å²) in [4.78, 5) is 57.2. The molecule has 1 saturated heterocycles. The first-order chi connectivity index (χ1) is 13.6. The number of hydrogen-bond donors (Lipinski definition) is 0. The summed E-state index contributed by atoms with van der Waals surface area (Å²) in [6, 6.07) is 5.33. The fraction of sp³-hybridized carbons (Fsp3) is 0.524. The zero-order chi connectivity index (χ0) is 21.3. The van der Waals surface area contributed by atoms with E-state index < -0.39 is 35.5 Å². The molecule has 0 N–H and O–H groups in total. The molecule has 0 saturated carbocycles. The molecule has 8 heteroatoms. The maximum Gasteiger partial charge on any atom is 0.411 e. The summed E-state index contributed by atoms with van der Waals surface area (Å²) in [5.41, 5.74) is -0.349. The van der Waals surface area contributed by atoms with Crippen LogP contribution in [0.2, 0.25) is 0 Å². The quantitative estimate of drug-likeness (QED) is 0.706. The van der Waals surface area contributed by atoms with Gasteiger partial charge in [-0.1, -0.05) is 24.1 Å². The lowest BCUT2D eigenvalue weighted by atomic mass is 9.99. The van der Waals surface area contributed by atoms with Gasteiger partial charge in [-0.15, -0.1) is 0 Å². The van der Waals surface area contributed by atoms with Gasteiger partial charge in [0.25, 0.3) is 11.8 Å². The van der Waals surface area contributed by atoms with E-state index in [0.29, 0.717) is 18.0 Å². The van der Waals surface area contributed by atoms with Gasteiger partial charge in [-0.3, -0.25) is 14.5 Å². The van der Waals surface area contributed by atoms with E-state index in [1.54, 1.807) is 32.9 Å². The Morgan fingerprint density at radius 1 is 1.07 bits per heavy atom. The van der Waals surface area contributed by atoms with Crippen LogP contribution >= 0.6 is 0 Å². The molecule has 0 spiro atoms. The number of nitrogens with zero attached hydrogens (tertiary/aromatic N) is 2. The van der Waals surface area contributed by atoms with E-state index in [4.69, 9.17) is 9.57 Å². The van der Waals surface area contributed by atoms with Gasteiger partial charge < -0.3 is 9.57 Å². The van der Waals surface area contributed by atoms with Gasteiger partial charge in [0.05, 0.1) is 11.1 Å². The number of rotatable bonds is 2. The van der Waals surface area contributed by atoms with Crippen molar-refractivity contribution in [3.63, 3.8) is 0 Å². The minimum absolute atomic E-state index is 0.169. The minimum atomic E-state index is -0.938. The van der Waals surface area contributed by atoms with Gasteiger partial charge in [-0.25, -0.2) is 9.59 Å². The van der Waals surface area contributed by atoms with E-state index >= 15 is 0 Å². The highest BCUT2D eigenvalue weighted by molar-refractivity contribution is 6.20. The number of fused-ring (bicyclic) bond motifs is 1. The van der Waals surface area contributed by atoms with E-state index in [-0.39, 0.29) is 17.0 Å². The van der Waals surface area contributed by atoms with Gasteiger partial charge in [-0.05, 0) is 58.1 Å². The second kappa shape index (κ2) is 7.85. The van der Waals surface area contributed by atoms with Crippen molar-refractivity contribution in [2.75, 3.05) is 6.54 Å². The van der Waals surface area contributed by atoms with Crippen molar-refractivity contribution in [3.05, 3.63) is 35.4 Å². The molecule has 3 amide bonds. The van der Waals surface area contributed by atoms with Crippen LogP contribution in [-0.4, -0.2) is 52.0 Å². The Labute approximate surface area is 169 Å². The largest absolute Gasteiger partial charge is 0.444 e. The summed E-state index contributed by atoms with van der Waals surface area (Å²) in [6.45, 7) is 7.56. The number of carbonyl (C=O) groups is 4. The van der Waals surface area contributed by atoms with Gasteiger partial charge in [0.2, 0.25) is 0 Å². The lowest BCUT2D eigenvalue weighted by Crippen LogP contribution is -2.49. The van der Waals surface area contributed by atoms with Crippen LogP contribution in [0, 0.1) is 5.92 Å². The molecule has 8 nitrogen and oxygen atoms in total. The van der Waals surface area contributed by atoms with Crippen molar-refractivity contribution in [2.45, 2.75) is 58.6 Å². The van der Waals surface area contributed by atoms with E-state index in [2.05, 4.69) is 0 Å². The van der Waals surface area contributed by atoms with Crippen LogP contribution in [0.3, 0.4) is 0 Å². The lowest BCUT2D eigenvalue weighted by Gasteiger charge is -2.31. The van der Waals surface area contributed by atoms with Crippen LogP contribution in [0.1, 0.15) is 67.7 Å². The highest BCUT2D eigenvalue weighted by Crippen LogP contribution is 2.27. The molecule has 0 aromatic heterocycles. The van der Waals surface area contributed by atoms with Crippen molar-refractivity contribution < 1.29 is 28.8 Å². The van der Waals surface area contributed by atoms with Crippen LogP contribution in [0.4, 0.5) is 4.79 Å². The molecule has 2 aliphatic heterocycles. The standard InChI is InChI=1S/C21H26N2O6/c1-13-8-7-11-22(20(27)28-21(2,3)4)16(12-13)19(26)29-23-17(24)14-9-5-6-10-15(14)18(23)25/h5-6,9-10,13,16H,7-8,11-12H2,1-4H3. The molecule has 3 rings (SSSR count). The van der Waals surface area contributed by atoms with Crippen LogP contribution in [0.5, 0.6) is 0 Å². The summed E-state index contributed by atoms with van der Waals surface area (Å²) in [7, 11) is 0. The zero-order valence-corrected chi connectivity index (χ0v) is 17.1. The Kier molecular flexibility index (Phi) is 5.64. The molecule has 29 heavy (non-hydrogen) atoms. The number of amides is 3. The maximum absolute atomic E-state index is 13.0. The third kappa shape index (κ3) is 4.41. The molecule has 2 aliphatic rings. The summed E-state index contributed by atoms with van der Waals surface area (Å²) < 4.78 is 5.44. The van der Waals surface area contributed by atoms with Crippen LogP contribution in [0.25, 0.3) is 0 Å². The van der Waals surface area contributed by atoms with Gasteiger partial charge in [0.15, 0.2) is 0 Å². The average Bonchev–Trinajstić information content (AvgIpc) is 2.78. The topological polar surface area (TPSA) is 93.2 Å². The Balaban J connectivity index is 1.80. The Morgan fingerprint density at radius 2 is 1.66 bits per heavy atom. The van der Waals surface area contributed by atoms with Gasteiger partial charge >= 0.3 is 12.1 Å². The van der Waals surface area contributed by atoms with Crippen molar-refractivity contribution in [1.82, 2.24) is 9.96 Å². The normalized spacial score (nSPS) is 22.2. The third-order valence-corrected chi connectivity index (χ3v) is 4.94. The zero-order valence-electron chi connectivity index (χ0n) is 17.1. The van der Waals surface area contributed by atoms with Gasteiger partial charge in [0.1, 0.15) is 11.6 Å². The molecular weight excluding hydrogens is 376 g/mol. The predicted octanol–water partition coefficient (Wildman–Crippen LogP) is 3.17. The molecule has 156 valence electrons. The van der Waals surface area contributed by atoms with E-state index in [9.17, 15) is 19.2 Å². The second-order valence-corrected chi connectivity index (χ2v) is 8.53. The summed E-state index contributed by atoms with van der Waals surface area (Å²) >= 11 is 0. The molecule has 0 aliphatic carbocycles. The maximum atomic E-state index is 13.0. The number of benzene rings is 1. The Hall–Kier alpha value is -2.90. The monoisotopic (exact) mass is 402 g/mol. The second-order valence-electron chi connectivity index (χ2n) is 8.53. The number of likely N-dealkylation sites (tertiary alicyclic amines) is 1. The summed E-state index contributed by atoms with van der Waals surface area (Å²) in [5.74, 6) is -2.03. The number of hydrogen-bond acceptors (Lipinski definition) is 6. The molecule has 2 heterocycles. The van der Waals surface area contributed by atoms with E-state index in [0.717, 1.165) is 12.8 Å². The molecule has 2 atom stereocenters. The van der Waals surface area contributed by atoms with Gasteiger partial charge in [-0.2, -0.15) is 0 Å². The highest BCUT2D eigenvalue weighted by Gasteiger charge is 2.42. The number of imide groups is 1. The predicted molar refractivity (Wildman–Crippen MR) is 103 cm³/mol. The fourth-order valence-corrected chi connectivity index (χ4v) is 3.56. The molecule has 2 unspecified atom stereocenters. The molecule has 0 bridgehead atoms. The SMILES string of the molecule is CC1CCCN(C(=O)OC(C)(C)C)C(C(=O)ON2C(=O)c3ccccc3C2=O)C1. The number of ether oxygens (including phenoxy) is 1. The van der Waals surface area contributed by atoms with Crippen LogP contribution in [-0.2, 0) is 14.4 Å². The van der Waals surface area contributed by atoms with Crippen molar-refractivity contribution in [1.29, 1.82) is 0 Å². The average molecular weight is 402 g/mol. The molecular formula is C21H26N2O6. The highest BCUT2D eigenvalue weighted by atomic mass is 16.7. The third-order valence-electron chi connectivity index (χ3n) is 4.94. The Bertz CT molecular complexity index is 809. The van der Waals surface area contributed by atoms with Crippen molar-refractivity contribution >= 4 is 23.9 Å². The minimum Gasteiger partial charge on any atom is -0.444 e.